The number of fused-ring (bicyclic) bond motifs is 1. The number of aromatic nitrogens is 3. The van der Waals surface area contributed by atoms with Gasteiger partial charge in [-0.15, -0.1) is 10.2 Å². The number of hydrogen-bond acceptors (Lipinski definition) is 8. The van der Waals surface area contributed by atoms with Crippen LogP contribution in [-0.2, 0) is 19.6 Å². The number of likely N-dealkylation sites (N-methyl/N-ethyl adjacent to an activating group) is 1. The van der Waals surface area contributed by atoms with E-state index in [0.29, 0.717) is 5.69 Å². The summed E-state index contributed by atoms with van der Waals surface area (Å²) in [5, 5.41) is 23.5. The number of nitrogens with one attached hydrogen (secondary N) is 2. The molecule has 0 saturated heterocycles. The van der Waals surface area contributed by atoms with Crippen molar-refractivity contribution >= 4 is 45.0 Å². The van der Waals surface area contributed by atoms with Crippen LogP contribution in [0.15, 0.2) is 40.9 Å². The molecule has 1 aliphatic heterocycles. The van der Waals surface area contributed by atoms with Crippen molar-refractivity contribution < 1.29 is 9.90 Å². The first kappa shape index (κ1) is 21.2. The van der Waals surface area contributed by atoms with Crippen molar-refractivity contribution in [2.45, 2.75) is 19.6 Å². The molecule has 0 atom stereocenters. The molecule has 0 bridgehead atoms. The summed E-state index contributed by atoms with van der Waals surface area (Å²) in [7, 11) is 2.09. The first-order valence-corrected chi connectivity index (χ1v) is 10.5. The highest BCUT2D eigenvalue weighted by atomic mass is 79.9. The Labute approximate surface area is 187 Å². The second-order valence-corrected chi connectivity index (χ2v) is 8.24. The lowest BCUT2D eigenvalue weighted by atomic mass is 9.99. The molecule has 3 aromatic rings. The van der Waals surface area contributed by atoms with E-state index in [9.17, 15) is 9.90 Å². The molecule has 1 aromatic heterocycles. The molecule has 160 valence electrons. The fourth-order valence-electron chi connectivity index (χ4n) is 3.50. The normalized spacial score (nSPS) is 13.5. The highest BCUT2D eigenvalue weighted by molar-refractivity contribution is 9.10. The molecule has 1 amide bonds. The maximum Gasteiger partial charge on any atom is 0.273 e. The molecule has 1 aliphatic rings. The maximum absolute atomic E-state index is 11.8. The summed E-state index contributed by atoms with van der Waals surface area (Å²) in [6, 6.07) is 11.2. The number of nitrogens with two attached hydrogens (primary N) is 1. The quantitative estimate of drug-likeness (QED) is 0.421. The van der Waals surface area contributed by atoms with Crippen molar-refractivity contribution in [3.05, 3.63) is 63.3 Å². The Hall–Kier alpha value is -3.08. The Morgan fingerprint density at radius 2 is 2.06 bits per heavy atom. The van der Waals surface area contributed by atoms with Crippen molar-refractivity contribution in [2.24, 2.45) is 5.73 Å². The molecule has 0 unspecified atom stereocenters. The second-order valence-electron chi connectivity index (χ2n) is 7.39. The van der Waals surface area contributed by atoms with E-state index in [0.717, 1.165) is 35.2 Å². The lowest BCUT2D eigenvalue weighted by Gasteiger charge is -2.26. The van der Waals surface area contributed by atoms with Crippen LogP contribution < -0.4 is 16.4 Å². The highest BCUT2D eigenvalue weighted by Crippen LogP contribution is 2.31. The fourth-order valence-corrected chi connectivity index (χ4v) is 4.20. The summed E-state index contributed by atoms with van der Waals surface area (Å²) < 4.78 is 1.03. The number of aliphatic hydroxyl groups is 1. The SMILES string of the molecule is CN1CCc2c(Br)cc(Nc3nnc(C(N)=O)c(Nc4cccc(CO)c4)n3)cc2C1. The van der Waals surface area contributed by atoms with E-state index in [1.54, 1.807) is 24.3 Å². The van der Waals surface area contributed by atoms with Crippen molar-refractivity contribution in [2.75, 3.05) is 24.2 Å². The Morgan fingerprint density at radius 1 is 1.23 bits per heavy atom. The van der Waals surface area contributed by atoms with Gasteiger partial charge >= 0.3 is 0 Å². The standard InChI is InChI=1S/C21H22BrN7O2/c1-29-6-5-16-13(10-29)8-15(9-17(16)22)25-21-26-20(18(19(23)31)27-28-21)24-14-4-2-3-12(7-14)11-30/h2-4,7-9,30H,5-6,10-11H2,1H3,(H2,23,31)(H2,24,25,26,28). The molecule has 0 aliphatic carbocycles. The summed E-state index contributed by atoms with van der Waals surface area (Å²) in [5.41, 5.74) is 10.1. The molecule has 0 spiro atoms. The number of amides is 1. The topological polar surface area (TPSA) is 129 Å². The Bertz CT molecular complexity index is 1140. The van der Waals surface area contributed by atoms with Gasteiger partial charge in [0.25, 0.3) is 5.91 Å². The minimum Gasteiger partial charge on any atom is -0.392 e. The number of primary amides is 1. The zero-order valence-electron chi connectivity index (χ0n) is 16.9. The minimum absolute atomic E-state index is 0.0757. The monoisotopic (exact) mass is 483 g/mol. The van der Waals surface area contributed by atoms with Gasteiger partial charge in [0.15, 0.2) is 11.5 Å². The van der Waals surface area contributed by atoms with Crippen LogP contribution in [0.3, 0.4) is 0 Å². The molecule has 31 heavy (non-hydrogen) atoms. The summed E-state index contributed by atoms with van der Waals surface area (Å²) in [6.45, 7) is 1.78. The average molecular weight is 484 g/mol. The van der Waals surface area contributed by atoms with Gasteiger partial charge in [-0.1, -0.05) is 28.1 Å². The molecule has 0 radical (unpaired) electrons. The van der Waals surface area contributed by atoms with Gasteiger partial charge in [-0.3, -0.25) is 4.79 Å². The molecule has 2 aromatic carbocycles. The van der Waals surface area contributed by atoms with Crippen LogP contribution in [0.2, 0.25) is 0 Å². The predicted octanol–water partition coefficient (Wildman–Crippen LogP) is 2.70. The highest BCUT2D eigenvalue weighted by Gasteiger charge is 2.18. The van der Waals surface area contributed by atoms with Gasteiger partial charge in [0, 0.05) is 28.9 Å². The number of benzene rings is 2. The summed E-state index contributed by atoms with van der Waals surface area (Å²) in [4.78, 5) is 18.5. The van der Waals surface area contributed by atoms with E-state index in [1.807, 2.05) is 6.07 Å². The minimum atomic E-state index is -0.744. The van der Waals surface area contributed by atoms with Crippen LogP contribution in [0.1, 0.15) is 27.2 Å². The van der Waals surface area contributed by atoms with E-state index < -0.39 is 5.91 Å². The van der Waals surface area contributed by atoms with Gasteiger partial charge in [-0.25, -0.2) is 0 Å². The molecule has 2 heterocycles. The first-order valence-electron chi connectivity index (χ1n) is 9.71. The Morgan fingerprint density at radius 3 is 2.84 bits per heavy atom. The van der Waals surface area contributed by atoms with Crippen molar-refractivity contribution in [1.82, 2.24) is 20.1 Å². The number of nitrogens with zero attached hydrogens (tertiary/aromatic N) is 4. The molecule has 4 rings (SSSR count). The third kappa shape index (κ3) is 4.82. The maximum atomic E-state index is 11.8. The number of aliphatic hydroxyl groups excluding tert-OH is 1. The van der Waals surface area contributed by atoms with E-state index in [2.05, 4.69) is 59.8 Å². The van der Waals surface area contributed by atoms with Gasteiger partial charge < -0.3 is 26.4 Å². The largest absolute Gasteiger partial charge is 0.392 e. The summed E-state index contributed by atoms with van der Waals surface area (Å²) >= 11 is 3.66. The molecule has 0 saturated carbocycles. The first-order chi connectivity index (χ1) is 14.9. The van der Waals surface area contributed by atoms with Crippen molar-refractivity contribution in [3.8, 4) is 0 Å². The molecule has 5 N–H and O–H groups in total. The third-order valence-electron chi connectivity index (χ3n) is 5.02. The zero-order valence-corrected chi connectivity index (χ0v) is 18.5. The molecule has 10 heteroatoms. The molecule has 9 nitrogen and oxygen atoms in total. The third-order valence-corrected chi connectivity index (χ3v) is 5.73. The lowest BCUT2D eigenvalue weighted by Crippen LogP contribution is -2.26. The van der Waals surface area contributed by atoms with Crippen LogP contribution in [-0.4, -0.2) is 44.7 Å². The Balaban J connectivity index is 1.64. The second kappa shape index (κ2) is 8.96. The molecular weight excluding hydrogens is 462 g/mol. The van der Waals surface area contributed by atoms with E-state index in [-0.39, 0.29) is 24.1 Å². The van der Waals surface area contributed by atoms with Gasteiger partial charge in [-0.2, -0.15) is 4.98 Å². The van der Waals surface area contributed by atoms with Crippen LogP contribution in [0.5, 0.6) is 0 Å². The van der Waals surface area contributed by atoms with Gasteiger partial charge in [-0.05, 0) is 54.4 Å². The van der Waals surface area contributed by atoms with Crippen LogP contribution in [0.25, 0.3) is 0 Å². The molecule has 0 fully saturated rings. The van der Waals surface area contributed by atoms with Gasteiger partial charge in [0.1, 0.15) is 0 Å². The number of hydrogen-bond donors (Lipinski definition) is 4. The van der Waals surface area contributed by atoms with Crippen LogP contribution in [0.4, 0.5) is 23.1 Å². The number of halogens is 1. The van der Waals surface area contributed by atoms with Crippen LogP contribution >= 0.6 is 15.9 Å². The zero-order chi connectivity index (χ0) is 22.0. The van der Waals surface area contributed by atoms with Crippen LogP contribution in [0, 0.1) is 0 Å². The number of carbonyl (C=O) groups is 1. The number of carbonyl (C=O) groups excluding carboxylic acids is 1. The van der Waals surface area contributed by atoms with E-state index >= 15 is 0 Å². The van der Waals surface area contributed by atoms with Gasteiger partial charge in [0.05, 0.1) is 6.61 Å². The van der Waals surface area contributed by atoms with Crippen molar-refractivity contribution in [3.63, 3.8) is 0 Å². The predicted molar refractivity (Wildman–Crippen MR) is 121 cm³/mol. The van der Waals surface area contributed by atoms with E-state index in [4.69, 9.17) is 5.73 Å². The number of rotatable bonds is 6. The Kier molecular flexibility index (Phi) is 6.12. The van der Waals surface area contributed by atoms with Crippen molar-refractivity contribution in [1.29, 1.82) is 0 Å². The molecular formula is C21H22BrN7O2. The lowest BCUT2D eigenvalue weighted by molar-refractivity contribution is 0.0995. The van der Waals surface area contributed by atoms with E-state index in [1.165, 1.54) is 11.1 Å². The number of anilines is 4. The fraction of sp³-hybridized carbons (Fsp3) is 0.238. The average Bonchev–Trinajstić information content (AvgIpc) is 2.73. The smallest absolute Gasteiger partial charge is 0.273 e. The van der Waals surface area contributed by atoms with Gasteiger partial charge in [0.2, 0.25) is 5.95 Å². The summed E-state index contributed by atoms with van der Waals surface area (Å²) in [6.07, 6.45) is 0.985. The summed E-state index contributed by atoms with van der Waals surface area (Å²) in [5.74, 6) is -0.342.